The molecule has 2 rings (SSSR count). The number of rotatable bonds is 8. The summed E-state index contributed by atoms with van der Waals surface area (Å²) in [6.07, 6.45) is 0.316. The van der Waals surface area contributed by atoms with Crippen molar-refractivity contribution in [1.29, 1.82) is 0 Å². The van der Waals surface area contributed by atoms with Crippen LogP contribution in [0.5, 0.6) is 5.75 Å². The molecule has 0 aliphatic rings. The molecule has 1 aromatic carbocycles. The van der Waals surface area contributed by atoms with Crippen molar-refractivity contribution in [2.24, 2.45) is 0 Å². The van der Waals surface area contributed by atoms with E-state index in [0.29, 0.717) is 30.3 Å². The molecule has 0 bridgehead atoms. The van der Waals surface area contributed by atoms with Crippen molar-refractivity contribution < 1.29 is 19.4 Å². The van der Waals surface area contributed by atoms with Gasteiger partial charge < -0.3 is 24.5 Å². The number of aromatic nitrogens is 3. The van der Waals surface area contributed by atoms with Crippen molar-refractivity contribution >= 4 is 5.91 Å². The van der Waals surface area contributed by atoms with Gasteiger partial charge in [-0.2, -0.15) is 0 Å². The highest BCUT2D eigenvalue weighted by Crippen LogP contribution is 2.17. The molecule has 1 amide bonds. The first-order valence-electron chi connectivity index (χ1n) is 7.11. The van der Waals surface area contributed by atoms with Gasteiger partial charge in [0.05, 0.1) is 20.3 Å². The van der Waals surface area contributed by atoms with Crippen LogP contribution in [0.1, 0.15) is 17.5 Å². The third kappa shape index (κ3) is 4.51. The Morgan fingerprint density at radius 3 is 2.74 bits per heavy atom. The molecule has 0 spiro atoms. The molecule has 2 aromatic rings. The number of amides is 1. The van der Waals surface area contributed by atoms with E-state index in [0.717, 1.165) is 0 Å². The number of nitrogens with one attached hydrogen (secondary N) is 1. The summed E-state index contributed by atoms with van der Waals surface area (Å²) in [7, 11) is 3.16. The maximum Gasteiger partial charge on any atom is 0.253 e. The molecular weight excluding hydrogens is 300 g/mol. The van der Waals surface area contributed by atoms with Gasteiger partial charge in [0, 0.05) is 13.7 Å². The van der Waals surface area contributed by atoms with Crippen LogP contribution in [0, 0.1) is 0 Å². The van der Waals surface area contributed by atoms with Crippen LogP contribution >= 0.6 is 0 Å². The van der Waals surface area contributed by atoms with Crippen LogP contribution in [0.4, 0.5) is 0 Å². The molecule has 1 aromatic heterocycles. The van der Waals surface area contributed by atoms with Crippen LogP contribution in [0.15, 0.2) is 30.6 Å². The quantitative estimate of drug-likeness (QED) is 0.725. The molecule has 0 saturated carbocycles. The standard InChI is InChI=1S/C15H20N4O4/c1-22-8-7-19-10-17-18-13(19)9-16-15(21)14(20)11-3-5-12(23-2)6-4-11/h3-6,10,14,20H,7-9H2,1-2H3,(H,16,21). The van der Waals surface area contributed by atoms with Gasteiger partial charge in [-0.3, -0.25) is 4.79 Å². The summed E-state index contributed by atoms with van der Waals surface area (Å²) < 4.78 is 11.8. The molecule has 0 radical (unpaired) electrons. The van der Waals surface area contributed by atoms with Crippen molar-refractivity contribution in [2.75, 3.05) is 20.8 Å². The number of carbonyl (C=O) groups is 1. The zero-order valence-electron chi connectivity index (χ0n) is 13.1. The van der Waals surface area contributed by atoms with Crippen LogP contribution in [-0.4, -0.2) is 46.6 Å². The van der Waals surface area contributed by atoms with Crippen molar-refractivity contribution in [3.8, 4) is 5.75 Å². The summed E-state index contributed by atoms with van der Waals surface area (Å²) in [5.74, 6) is 0.751. The second kappa shape index (κ2) is 8.25. The lowest BCUT2D eigenvalue weighted by molar-refractivity contribution is -0.129. The number of nitrogens with zero attached hydrogens (tertiary/aromatic N) is 3. The number of benzene rings is 1. The third-order valence-corrected chi connectivity index (χ3v) is 3.33. The van der Waals surface area contributed by atoms with E-state index in [1.807, 2.05) is 0 Å². The van der Waals surface area contributed by atoms with Gasteiger partial charge in [0.25, 0.3) is 5.91 Å². The Kier molecular flexibility index (Phi) is 6.07. The van der Waals surface area contributed by atoms with Crippen LogP contribution in [-0.2, 0) is 22.6 Å². The van der Waals surface area contributed by atoms with Crippen molar-refractivity contribution in [2.45, 2.75) is 19.2 Å². The zero-order valence-corrected chi connectivity index (χ0v) is 13.1. The smallest absolute Gasteiger partial charge is 0.253 e. The molecular formula is C15H20N4O4. The Bertz CT molecular complexity index is 627. The van der Waals surface area contributed by atoms with Gasteiger partial charge in [0.15, 0.2) is 11.9 Å². The molecule has 0 saturated heterocycles. The average molecular weight is 320 g/mol. The number of aliphatic hydroxyl groups excluding tert-OH is 1. The Morgan fingerprint density at radius 2 is 2.09 bits per heavy atom. The minimum absolute atomic E-state index is 0.176. The maximum absolute atomic E-state index is 12.0. The van der Waals surface area contributed by atoms with Gasteiger partial charge in [-0.25, -0.2) is 0 Å². The van der Waals surface area contributed by atoms with E-state index >= 15 is 0 Å². The average Bonchev–Trinajstić information content (AvgIpc) is 3.04. The summed E-state index contributed by atoms with van der Waals surface area (Å²) in [4.78, 5) is 12.0. The van der Waals surface area contributed by atoms with Gasteiger partial charge in [-0.1, -0.05) is 12.1 Å². The highest BCUT2D eigenvalue weighted by atomic mass is 16.5. The van der Waals surface area contributed by atoms with Crippen LogP contribution in [0.2, 0.25) is 0 Å². The summed E-state index contributed by atoms with van der Waals surface area (Å²) in [6, 6.07) is 6.66. The van der Waals surface area contributed by atoms with Gasteiger partial charge in [-0.05, 0) is 17.7 Å². The zero-order chi connectivity index (χ0) is 16.7. The van der Waals surface area contributed by atoms with E-state index in [1.165, 1.54) is 0 Å². The van der Waals surface area contributed by atoms with Crippen LogP contribution < -0.4 is 10.1 Å². The van der Waals surface area contributed by atoms with Gasteiger partial charge in [-0.15, -0.1) is 10.2 Å². The molecule has 124 valence electrons. The maximum atomic E-state index is 12.0. The largest absolute Gasteiger partial charge is 0.497 e. The number of aliphatic hydroxyl groups is 1. The van der Waals surface area contributed by atoms with E-state index in [1.54, 1.807) is 49.4 Å². The molecule has 1 atom stereocenters. The highest BCUT2D eigenvalue weighted by Gasteiger charge is 2.18. The molecule has 1 unspecified atom stereocenters. The minimum Gasteiger partial charge on any atom is -0.497 e. The van der Waals surface area contributed by atoms with Crippen molar-refractivity contribution in [3.63, 3.8) is 0 Å². The SMILES string of the molecule is COCCn1cnnc1CNC(=O)C(O)c1ccc(OC)cc1. The van der Waals surface area contributed by atoms with Gasteiger partial charge in [0.2, 0.25) is 0 Å². The van der Waals surface area contributed by atoms with E-state index < -0.39 is 12.0 Å². The van der Waals surface area contributed by atoms with E-state index in [-0.39, 0.29) is 6.54 Å². The topological polar surface area (TPSA) is 98.5 Å². The molecule has 0 fully saturated rings. The van der Waals surface area contributed by atoms with Crippen molar-refractivity contribution in [1.82, 2.24) is 20.1 Å². The highest BCUT2D eigenvalue weighted by molar-refractivity contribution is 5.81. The normalized spacial score (nSPS) is 12.0. The predicted molar refractivity (Wildman–Crippen MR) is 81.7 cm³/mol. The number of hydrogen-bond acceptors (Lipinski definition) is 6. The molecule has 23 heavy (non-hydrogen) atoms. The lowest BCUT2D eigenvalue weighted by atomic mass is 10.1. The second-order valence-electron chi connectivity index (χ2n) is 4.83. The fraction of sp³-hybridized carbons (Fsp3) is 0.400. The Hall–Kier alpha value is -2.45. The Labute approximate surface area is 134 Å². The number of ether oxygens (including phenoxy) is 2. The lowest BCUT2D eigenvalue weighted by Gasteiger charge is -2.12. The first-order valence-corrected chi connectivity index (χ1v) is 7.11. The fourth-order valence-electron chi connectivity index (χ4n) is 1.99. The molecule has 2 N–H and O–H groups in total. The predicted octanol–water partition coefficient (Wildman–Crippen LogP) is 0.283. The first-order chi connectivity index (χ1) is 11.2. The third-order valence-electron chi connectivity index (χ3n) is 3.33. The summed E-state index contributed by atoms with van der Waals surface area (Å²) in [5.41, 5.74) is 0.490. The second-order valence-corrected chi connectivity index (χ2v) is 4.83. The number of carbonyl (C=O) groups excluding carboxylic acids is 1. The van der Waals surface area contributed by atoms with E-state index in [9.17, 15) is 9.90 Å². The molecule has 0 aliphatic carbocycles. The van der Waals surface area contributed by atoms with Crippen molar-refractivity contribution in [3.05, 3.63) is 42.0 Å². The molecule has 8 heteroatoms. The Balaban J connectivity index is 1.92. The summed E-state index contributed by atoms with van der Waals surface area (Å²) in [5, 5.41) is 20.5. The van der Waals surface area contributed by atoms with E-state index in [4.69, 9.17) is 9.47 Å². The van der Waals surface area contributed by atoms with Gasteiger partial charge >= 0.3 is 0 Å². The number of methoxy groups -OCH3 is 2. The molecule has 1 heterocycles. The first kappa shape index (κ1) is 16.9. The summed E-state index contributed by atoms with van der Waals surface area (Å²) >= 11 is 0. The lowest BCUT2D eigenvalue weighted by Crippen LogP contribution is -2.30. The molecule has 8 nitrogen and oxygen atoms in total. The molecule has 0 aliphatic heterocycles. The van der Waals surface area contributed by atoms with Crippen LogP contribution in [0.3, 0.4) is 0 Å². The fourth-order valence-corrected chi connectivity index (χ4v) is 1.99. The van der Waals surface area contributed by atoms with Crippen LogP contribution in [0.25, 0.3) is 0 Å². The monoisotopic (exact) mass is 320 g/mol. The Morgan fingerprint density at radius 1 is 1.35 bits per heavy atom. The minimum atomic E-state index is -1.25. The van der Waals surface area contributed by atoms with E-state index in [2.05, 4.69) is 15.5 Å². The van der Waals surface area contributed by atoms with Gasteiger partial charge in [0.1, 0.15) is 12.1 Å². The summed E-state index contributed by atoms with van der Waals surface area (Å²) in [6.45, 7) is 1.29. The number of hydrogen-bond donors (Lipinski definition) is 2.